The van der Waals surface area contributed by atoms with Gasteiger partial charge in [0.05, 0.1) is 6.61 Å². The zero-order chi connectivity index (χ0) is 9.52. The number of hydrogen-bond donors (Lipinski definition) is 0. The van der Waals surface area contributed by atoms with Crippen molar-refractivity contribution in [2.45, 2.75) is 19.8 Å². The SMILES string of the molecule is CCC(=O)COCCc1cccs1. The Morgan fingerprint density at radius 1 is 1.62 bits per heavy atom. The molecule has 1 aromatic heterocycles. The van der Waals surface area contributed by atoms with Gasteiger partial charge in [-0.05, 0) is 11.4 Å². The molecule has 0 aliphatic heterocycles. The van der Waals surface area contributed by atoms with Crippen molar-refractivity contribution in [1.82, 2.24) is 0 Å². The first-order valence-corrected chi connectivity index (χ1v) is 5.32. The van der Waals surface area contributed by atoms with E-state index in [0.29, 0.717) is 13.0 Å². The summed E-state index contributed by atoms with van der Waals surface area (Å²) in [6.45, 7) is 2.76. The molecule has 0 atom stereocenters. The van der Waals surface area contributed by atoms with Crippen LogP contribution in [0.5, 0.6) is 0 Å². The summed E-state index contributed by atoms with van der Waals surface area (Å²) in [4.78, 5) is 12.2. The average Bonchev–Trinajstić information content (AvgIpc) is 2.64. The monoisotopic (exact) mass is 198 g/mol. The topological polar surface area (TPSA) is 26.3 Å². The molecule has 0 amide bonds. The van der Waals surface area contributed by atoms with Crippen LogP contribution in [0.3, 0.4) is 0 Å². The molecule has 0 bridgehead atoms. The second-order valence-corrected chi connectivity index (χ2v) is 3.81. The molecular weight excluding hydrogens is 184 g/mol. The molecule has 0 radical (unpaired) electrons. The predicted molar refractivity (Wildman–Crippen MR) is 54.1 cm³/mol. The molecule has 0 N–H and O–H groups in total. The molecule has 0 aliphatic rings. The number of ether oxygens (including phenoxy) is 1. The predicted octanol–water partition coefficient (Wildman–Crippen LogP) is 2.29. The van der Waals surface area contributed by atoms with Crippen LogP contribution in [0.2, 0.25) is 0 Å². The fraction of sp³-hybridized carbons (Fsp3) is 0.500. The van der Waals surface area contributed by atoms with Crippen molar-refractivity contribution in [3.05, 3.63) is 22.4 Å². The fourth-order valence-corrected chi connectivity index (χ4v) is 1.61. The number of carbonyl (C=O) groups excluding carboxylic acids is 1. The van der Waals surface area contributed by atoms with Crippen LogP contribution in [-0.4, -0.2) is 19.0 Å². The van der Waals surface area contributed by atoms with E-state index in [1.165, 1.54) is 4.88 Å². The van der Waals surface area contributed by atoms with Gasteiger partial charge in [0, 0.05) is 17.7 Å². The Hall–Kier alpha value is -0.670. The molecule has 0 fully saturated rings. The summed E-state index contributed by atoms with van der Waals surface area (Å²) in [5.41, 5.74) is 0. The summed E-state index contributed by atoms with van der Waals surface area (Å²) in [5, 5.41) is 2.05. The second-order valence-electron chi connectivity index (χ2n) is 2.77. The van der Waals surface area contributed by atoms with Gasteiger partial charge in [0.2, 0.25) is 0 Å². The molecule has 0 aliphatic carbocycles. The van der Waals surface area contributed by atoms with E-state index in [0.717, 1.165) is 6.42 Å². The highest BCUT2D eigenvalue weighted by Gasteiger charge is 1.98. The molecule has 0 aromatic carbocycles. The first-order chi connectivity index (χ1) is 6.33. The number of ketones is 1. The Morgan fingerprint density at radius 2 is 2.46 bits per heavy atom. The second kappa shape index (κ2) is 5.89. The summed E-state index contributed by atoms with van der Waals surface area (Å²) in [7, 11) is 0. The molecule has 0 unspecified atom stereocenters. The van der Waals surface area contributed by atoms with Crippen LogP contribution >= 0.6 is 11.3 Å². The van der Waals surface area contributed by atoms with Crippen molar-refractivity contribution in [2.75, 3.05) is 13.2 Å². The molecule has 0 saturated heterocycles. The Balaban J connectivity index is 2.05. The third-order valence-corrected chi connectivity index (χ3v) is 2.67. The third-order valence-electron chi connectivity index (χ3n) is 1.73. The van der Waals surface area contributed by atoms with E-state index in [1.807, 2.05) is 18.4 Å². The highest BCUT2D eigenvalue weighted by atomic mass is 32.1. The van der Waals surface area contributed by atoms with Gasteiger partial charge in [-0.15, -0.1) is 11.3 Å². The Morgan fingerprint density at radius 3 is 3.08 bits per heavy atom. The quantitative estimate of drug-likeness (QED) is 0.655. The normalized spacial score (nSPS) is 10.2. The summed E-state index contributed by atoms with van der Waals surface area (Å²) >= 11 is 1.72. The molecule has 2 nitrogen and oxygen atoms in total. The first-order valence-electron chi connectivity index (χ1n) is 4.44. The van der Waals surface area contributed by atoms with Gasteiger partial charge in [-0.2, -0.15) is 0 Å². The Kier molecular flexibility index (Phi) is 4.72. The minimum absolute atomic E-state index is 0.172. The molecule has 1 rings (SSSR count). The van der Waals surface area contributed by atoms with Crippen LogP contribution in [0.1, 0.15) is 18.2 Å². The minimum Gasteiger partial charge on any atom is -0.373 e. The molecule has 3 heteroatoms. The third kappa shape index (κ3) is 4.20. The van der Waals surface area contributed by atoms with Gasteiger partial charge in [-0.3, -0.25) is 4.79 Å². The number of rotatable bonds is 6. The van der Waals surface area contributed by atoms with E-state index < -0.39 is 0 Å². The van der Waals surface area contributed by atoms with Gasteiger partial charge in [0.1, 0.15) is 6.61 Å². The van der Waals surface area contributed by atoms with E-state index in [2.05, 4.69) is 6.07 Å². The van der Waals surface area contributed by atoms with Crippen molar-refractivity contribution in [3.8, 4) is 0 Å². The minimum atomic E-state index is 0.172. The molecule has 0 spiro atoms. The van der Waals surface area contributed by atoms with Crippen molar-refractivity contribution in [3.63, 3.8) is 0 Å². The molecule has 0 saturated carbocycles. The summed E-state index contributed by atoms with van der Waals surface area (Å²) in [5.74, 6) is 0.172. The summed E-state index contributed by atoms with van der Waals surface area (Å²) < 4.78 is 5.22. The lowest BCUT2D eigenvalue weighted by atomic mass is 10.3. The molecule has 72 valence electrons. The maximum Gasteiger partial charge on any atom is 0.158 e. The van der Waals surface area contributed by atoms with Crippen LogP contribution in [-0.2, 0) is 16.0 Å². The first kappa shape index (κ1) is 10.4. The molecule has 1 aromatic rings. The maximum absolute atomic E-state index is 10.9. The fourth-order valence-electron chi connectivity index (χ4n) is 0.916. The van der Waals surface area contributed by atoms with E-state index in [1.54, 1.807) is 11.3 Å². The smallest absolute Gasteiger partial charge is 0.158 e. The molecular formula is C10H14O2S. The van der Waals surface area contributed by atoms with E-state index in [-0.39, 0.29) is 12.4 Å². The highest BCUT2D eigenvalue weighted by Crippen LogP contribution is 2.08. The lowest BCUT2D eigenvalue weighted by molar-refractivity contribution is -0.123. The van der Waals surface area contributed by atoms with Crippen molar-refractivity contribution < 1.29 is 9.53 Å². The van der Waals surface area contributed by atoms with Crippen LogP contribution in [0.25, 0.3) is 0 Å². The summed E-state index contributed by atoms with van der Waals surface area (Å²) in [6, 6.07) is 4.10. The standard InChI is InChI=1S/C10H14O2S/c1-2-9(11)8-12-6-5-10-4-3-7-13-10/h3-4,7H,2,5-6,8H2,1H3. The zero-order valence-corrected chi connectivity index (χ0v) is 8.60. The number of thiophene rings is 1. The maximum atomic E-state index is 10.9. The lowest BCUT2D eigenvalue weighted by Gasteiger charge is -2.00. The zero-order valence-electron chi connectivity index (χ0n) is 7.79. The van der Waals surface area contributed by atoms with Crippen molar-refractivity contribution >= 4 is 17.1 Å². The van der Waals surface area contributed by atoms with Crippen LogP contribution < -0.4 is 0 Å². The van der Waals surface area contributed by atoms with Crippen LogP contribution in [0.15, 0.2) is 17.5 Å². The lowest BCUT2D eigenvalue weighted by Crippen LogP contribution is -2.08. The van der Waals surface area contributed by atoms with E-state index >= 15 is 0 Å². The number of hydrogen-bond acceptors (Lipinski definition) is 3. The average molecular weight is 198 g/mol. The van der Waals surface area contributed by atoms with Gasteiger partial charge >= 0.3 is 0 Å². The van der Waals surface area contributed by atoms with Gasteiger partial charge in [-0.25, -0.2) is 0 Å². The summed E-state index contributed by atoms with van der Waals surface area (Å²) in [6.07, 6.45) is 1.48. The largest absolute Gasteiger partial charge is 0.373 e. The van der Waals surface area contributed by atoms with Crippen LogP contribution in [0.4, 0.5) is 0 Å². The Labute approximate surface area is 82.5 Å². The number of carbonyl (C=O) groups is 1. The molecule has 1 heterocycles. The number of Topliss-reactive ketones (excluding diaryl/α,β-unsaturated/α-hetero) is 1. The van der Waals surface area contributed by atoms with Gasteiger partial charge in [0.25, 0.3) is 0 Å². The van der Waals surface area contributed by atoms with Gasteiger partial charge < -0.3 is 4.74 Å². The van der Waals surface area contributed by atoms with E-state index in [4.69, 9.17) is 4.74 Å². The van der Waals surface area contributed by atoms with Crippen molar-refractivity contribution in [2.24, 2.45) is 0 Å². The van der Waals surface area contributed by atoms with Crippen molar-refractivity contribution in [1.29, 1.82) is 0 Å². The molecule has 13 heavy (non-hydrogen) atoms. The Bertz CT molecular complexity index is 241. The van der Waals surface area contributed by atoms with Crippen LogP contribution in [0, 0.1) is 0 Å². The highest BCUT2D eigenvalue weighted by molar-refractivity contribution is 7.09. The van der Waals surface area contributed by atoms with E-state index in [9.17, 15) is 4.79 Å². The van der Waals surface area contributed by atoms with Gasteiger partial charge in [-0.1, -0.05) is 13.0 Å². The van der Waals surface area contributed by atoms with Gasteiger partial charge in [0.15, 0.2) is 5.78 Å².